The molecule has 0 aliphatic rings. The number of halogens is 2. The lowest BCUT2D eigenvalue weighted by molar-refractivity contribution is 0.0687. The van der Waals surface area contributed by atoms with Crippen molar-refractivity contribution in [3.8, 4) is 11.1 Å². The third kappa shape index (κ3) is 5.01. The van der Waals surface area contributed by atoms with Crippen LogP contribution in [0.15, 0.2) is 48.8 Å². The molecule has 0 aliphatic heterocycles. The molecule has 180 valence electrons. The van der Waals surface area contributed by atoms with E-state index in [2.05, 4.69) is 20.3 Å². The van der Waals surface area contributed by atoms with Crippen molar-refractivity contribution < 1.29 is 14.3 Å². The number of carbonyl (C=O) groups excluding carboxylic acids is 1. The van der Waals surface area contributed by atoms with Crippen molar-refractivity contribution in [1.82, 2.24) is 15.0 Å². The molecule has 0 aliphatic carbocycles. The van der Waals surface area contributed by atoms with Crippen molar-refractivity contribution in [2.75, 3.05) is 5.32 Å². The molecule has 0 saturated carbocycles. The summed E-state index contributed by atoms with van der Waals surface area (Å²) in [6.45, 7) is 8.33. The van der Waals surface area contributed by atoms with Crippen LogP contribution in [0.1, 0.15) is 61.2 Å². The number of Topliss-reactive ketones (excluding diaryl/α,β-unsaturated/α-hetero) is 1. The second-order valence-corrected chi connectivity index (χ2v) is 9.51. The second kappa shape index (κ2) is 9.32. The van der Waals surface area contributed by atoms with Gasteiger partial charge in [0.05, 0.1) is 28.0 Å². The Labute approximate surface area is 208 Å². The van der Waals surface area contributed by atoms with E-state index in [9.17, 15) is 14.3 Å². The van der Waals surface area contributed by atoms with Crippen LogP contribution in [-0.2, 0) is 5.60 Å². The molecule has 2 aromatic carbocycles. The van der Waals surface area contributed by atoms with E-state index in [4.69, 9.17) is 11.6 Å². The van der Waals surface area contributed by atoms with Crippen LogP contribution in [0.25, 0.3) is 22.0 Å². The maximum absolute atomic E-state index is 14.7. The van der Waals surface area contributed by atoms with Gasteiger partial charge in [0.15, 0.2) is 11.6 Å². The highest BCUT2D eigenvalue weighted by molar-refractivity contribution is 6.35. The number of ketones is 1. The summed E-state index contributed by atoms with van der Waals surface area (Å²) in [4.78, 5) is 25.0. The normalized spacial score (nSPS) is 12.6. The van der Waals surface area contributed by atoms with E-state index in [0.717, 1.165) is 22.0 Å². The Kier molecular flexibility index (Phi) is 6.58. The number of nitrogens with one attached hydrogen (secondary N) is 1. The summed E-state index contributed by atoms with van der Waals surface area (Å²) in [5, 5.41) is 14.6. The van der Waals surface area contributed by atoms with Crippen molar-refractivity contribution in [1.29, 1.82) is 0 Å². The summed E-state index contributed by atoms with van der Waals surface area (Å²) in [7, 11) is 0. The molecule has 2 N–H and O–H groups in total. The quantitative estimate of drug-likeness (QED) is 0.303. The molecule has 8 heteroatoms. The lowest BCUT2D eigenvalue weighted by atomic mass is 10.0. The molecule has 2 heterocycles. The highest BCUT2D eigenvalue weighted by atomic mass is 35.5. The first-order chi connectivity index (χ1) is 16.5. The molecule has 35 heavy (non-hydrogen) atoms. The number of nitrogens with zero attached hydrogens (tertiary/aromatic N) is 3. The molecule has 0 spiro atoms. The zero-order chi connectivity index (χ0) is 25.5. The number of aryl methyl sites for hydroxylation is 1. The van der Waals surface area contributed by atoms with E-state index in [1.54, 1.807) is 32.3 Å². The van der Waals surface area contributed by atoms with Gasteiger partial charge < -0.3 is 10.4 Å². The highest BCUT2D eigenvalue weighted by Crippen LogP contribution is 2.37. The Morgan fingerprint density at radius 3 is 2.43 bits per heavy atom. The average Bonchev–Trinajstić information content (AvgIpc) is 2.81. The molecule has 2 aromatic heterocycles. The first-order valence-electron chi connectivity index (χ1n) is 11.2. The van der Waals surface area contributed by atoms with Crippen LogP contribution in [0.3, 0.4) is 0 Å². The number of aliphatic hydroxyl groups is 1. The molecule has 6 nitrogen and oxygen atoms in total. The van der Waals surface area contributed by atoms with Crippen LogP contribution >= 0.6 is 11.6 Å². The maximum atomic E-state index is 14.7. The van der Waals surface area contributed by atoms with Crippen LogP contribution < -0.4 is 5.32 Å². The van der Waals surface area contributed by atoms with Gasteiger partial charge in [0, 0.05) is 34.5 Å². The van der Waals surface area contributed by atoms with E-state index in [-0.39, 0.29) is 5.78 Å². The van der Waals surface area contributed by atoms with Crippen molar-refractivity contribution >= 4 is 34.0 Å². The molecular weight excluding hydrogens is 467 g/mol. The predicted molar refractivity (Wildman–Crippen MR) is 136 cm³/mol. The molecule has 0 radical (unpaired) electrons. The van der Waals surface area contributed by atoms with Crippen LogP contribution in [0.2, 0.25) is 5.02 Å². The third-order valence-electron chi connectivity index (χ3n) is 5.85. The van der Waals surface area contributed by atoms with E-state index in [1.165, 1.54) is 19.1 Å². The monoisotopic (exact) mass is 492 g/mol. The topological polar surface area (TPSA) is 88.0 Å². The van der Waals surface area contributed by atoms with E-state index >= 15 is 0 Å². The average molecular weight is 493 g/mol. The summed E-state index contributed by atoms with van der Waals surface area (Å²) in [5.74, 6) is -0.219. The maximum Gasteiger partial charge on any atom is 0.159 e. The van der Waals surface area contributed by atoms with E-state index in [1.807, 2.05) is 32.0 Å². The van der Waals surface area contributed by atoms with Gasteiger partial charge in [-0.1, -0.05) is 17.7 Å². The van der Waals surface area contributed by atoms with Crippen LogP contribution in [0, 0.1) is 12.7 Å². The Morgan fingerprint density at radius 1 is 1.11 bits per heavy atom. The zero-order valence-electron chi connectivity index (χ0n) is 20.1. The molecule has 4 aromatic rings. The van der Waals surface area contributed by atoms with Crippen LogP contribution in [0.5, 0.6) is 0 Å². The number of anilines is 1. The van der Waals surface area contributed by atoms with Crippen molar-refractivity contribution in [3.05, 3.63) is 82.3 Å². The van der Waals surface area contributed by atoms with Gasteiger partial charge in [-0.15, -0.1) is 0 Å². The molecule has 4 rings (SSSR count). The Bertz CT molecular complexity index is 1430. The minimum Gasteiger partial charge on any atom is -0.382 e. The van der Waals surface area contributed by atoms with Gasteiger partial charge in [-0.2, -0.15) is 0 Å². The van der Waals surface area contributed by atoms with E-state index in [0.29, 0.717) is 33.4 Å². The lowest BCUT2D eigenvalue weighted by Crippen LogP contribution is -2.19. The molecule has 0 saturated heterocycles. The van der Waals surface area contributed by atoms with Crippen molar-refractivity contribution in [2.45, 2.75) is 46.3 Å². The summed E-state index contributed by atoms with van der Waals surface area (Å²) >= 11 is 6.67. The van der Waals surface area contributed by atoms with Gasteiger partial charge in [-0.25, -0.2) is 14.4 Å². The van der Waals surface area contributed by atoms with Crippen molar-refractivity contribution in [2.24, 2.45) is 0 Å². The van der Waals surface area contributed by atoms with Gasteiger partial charge in [-0.3, -0.25) is 9.78 Å². The first-order valence-corrected chi connectivity index (χ1v) is 11.6. The fraction of sp³-hybridized carbons (Fsp3) is 0.259. The number of hydrogen-bond donors (Lipinski definition) is 2. The minimum atomic E-state index is -1.14. The Hall–Kier alpha value is -3.42. The molecule has 0 amide bonds. The van der Waals surface area contributed by atoms with Gasteiger partial charge in [0.1, 0.15) is 11.4 Å². The number of aromatic nitrogens is 3. The molecule has 1 atom stereocenters. The van der Waals surface area contributed by atoms with E-state index < -0.39 is 17.5 Å². The minimum absolute atomic E-state index is 0.135. The first kappa shape index (κ1) is 24.7. The second-order valence-electron chi connectivity index (χ2n) is 9.13. The van der Waals surface area contributed by atoms with Gasteiger partial charge >= 0.3 is 0 Å². The number of pyridine rings is 1. The number of rotatable bonds is 6. The zero-order valence-corrected chi connectivity index (χ0v) is 20.9. The summed E-state index contributed by atoms with van der Waals surface area (Å²) in [6, 6.07) is 9.58. The fourth-order valence-corrected chi connectivity index (χ4v) is 4.06. The number of hydrogen-bond acceptors (Lipinski definition) is 6. The molecule has 0 unspecified atom stereocenters. The van der Waals surface area contributed by atoms with Gasteiger partial charge in [-0.05, 0) is 70.5 Å². The van der Waals surface area contributed by atoms with Gasteiger partial charge in [0.25, 0.3) is 0 Å². The smallest absolute Gasteiger partial charge is 0.159 e. The van der Waals surface area contributed by atoms with Crippen molar-refractivity contribution in [3.63, 3.8) is 0 Å². The Balaban J connectivity index is 1.78. The van der Waals surface area contributed by atoms with Gasteiger partial charge in [0.2, 0.25) is 0 Å². The SMILES string of the molecule is CC(=O)c1ccc(F)c([C@@H](C)Nc2c(Cl)c(C)nc3ccc(-c4cnc(C(C)(C)O)nc4)cc23)c1. The third-order valence-corrected chi connectivity index (χ3v) is 6.32. The predicted octanol–water partition coefficient (Wildman–Crippen LogP) is 6.40. The summed E-state index contributed by atoms with van der Waals surface area (Å²) < 4.78 is 14.7. The number of fused-ring (bicyclic) bond motifs is 1. The number of carbonyl (C=O) groups is 1. The molecule has 0 fully saturated rings. The standard InChI is InChI=1S/C27H26ClFN4O2/c1-14(20-10-17(16(3)34)6-8-22(20)29)33-25-21-11-18(7-9-23(21)32-15(2)24(25)28)19-12-30-26(31-13-19)27(4,5)35/h6-14,35H,1-5H3,(H,32,33)/t14-/m1/s1. The Morgan fingerprint density at radius 2 is 1.80 bits per heavy atom. The molecule has 0 bridgehead atoms. The fourth-order valence-electron chi connectivity index (χ4n) is 3.87. The largest absolute Gasteiger partial charge is 0.382 e. The highest BCUT2D eigenvalue weighted by Gasteiger charge is 2.20. The summed E-state index contributed by atoms with van der Waals surface area (Å²) in [5.41, 5.74) is 3.23. The number of benzene rings is 2. The van der Waals surface area contributed by atoms with Crippen LogP contribution in [0.4, 0.5) is 10.1 Å². The lowest BCUT2D eigenvalue weighted by Gasteiger charge is -2.21. The molecular formula is C27H26ClFN4O2. The van der Waals surface area contributed by atoms with Crippen LogP contribution in [-0.4, -0.2) is 25.8 Å². The summed E-state index contributed by atoms with van der Waals surface area (Å²) in [6.07, 6.45) is 3.31.